The van der Waals surface area contributed by atoms with Crippen LogP contribution in [0.3, 0.4) is 0 Å². The predicted molar refractivity (Wildman–Crippen MR) is 79.8 cm³/mol. The van der Waals surface area contributed by atoms with Gasteiger partial charge >= 0.3 is 0 Å². The highest BCUT2D eigenvalue weighted by atomic mass is 16.5. The van der Waals surface area contributed by atoms with Gasteiger partial charge in [0, 0.05) is 24.4 Å². The van der Waals surface area contributed by atoms with Crippen molar-refractivity contribution in [2.24, 2.45) is 0 Å². The molecule has 20 heavy (non-hydrogen) atoms. The lowest BCUT2D eigenvalue weighted by Gasteiger charge is -2.19. The molecule has 1 saturated heterocycles. The molecule has 1 aliphatic rings. The second-order valence-electron chi connectivity index (χ2n) is 5.45. The number of nitrogens with zero attached hydrogens (tertiary/aromatic N) is 2. The molecule has 3 rings (SSSR count). The van der Waals surface area contributed by atoms with E-state index in [1.165, 1.54) is 23.9 Å². The number of nitrogens with one attached hydrogen (secondary N) is 1. The van der Waals surface area contributed by atoms with Crippen LogP contribution in [0, 0.1) is 0 Å². The Labute approximate surface area is 120 Å². The maximum Gasteiger partial charge on any atom is 0.0709 e. The average Bonchev–Trinajstić information content (AvgIpc) is 3.13. The fraction of sp³-hybridized carbons (Fsp3) is 0.562. The van der Waals surface area contributed by atoms with E-state index in [4.69, 9.17) is 4.74 Å². The van der Waals surface area contributed by atoms with Crippen molar-refractivity contribution in [1.29, 1.82) is 0 Å². The van der Waals surface area contributed by atoms with E-state index in [1.54, 1.807) is 0 Å². The van der Waals surface area contributed by atoms with Gasteiger partial charge in [-0.25, -0.2) is 4.52 Å². The van der Waals surface area contributed by atoms with E-state index in [-0.39, 0.29) is 0 Å². The summed E-state index contributed by atoms with van der Waals surface area (Å²) in [6, 6.07) is 6.59. The minimum absolute atomic E-state index is 0.365. The molecule has 0 spiro atoms. The first-order chi connectivity index (χ1) is 9.88. The van der Waals surface area contributed by atoms with Gasteiger partial charge in [-0.3, -0.25) is 0 Å². The molecule has 0 aliphatic carbocycles. The molecule has 4 nitrogen and oxygen atoms in total. The summed E-state index contributed by atoms with van der Waals surface area (Å²) in [5, 5.41) is 8.04. The smallest absolute Gasteiger partial charge is 0.0709 e. The standard InChI is InChI=1S/C16H23N3O/c1-2-17-15(9-8-13-6-5-11-20-13)14-12-18-19-10-4-3-7-16(14)19/h3-4,7,10,12-13,15,17H,2,5-6,8-9,11H2,1H3. The van der Waals surface area contributed by atoms with Crippen LogP contribution < -0.4 is 5.32 Å². The van der Waals surface area contributed by atoms with Gasteiger partial charge in [0.1, 0.15) is 0 Å². The van der Waals surface area contributed by atoms with Crippen LogP contribution in [0.5, 0.6) is 0 Å². The Morgan fingerprint density at radius 2 is 2.45 bits per heavy atom. The monoisotopic (exact) mass is 273 g/mol. The van der Waals surface area contributed by atoms with Crippen molar-refractivity contribution < 1.29 is 4.74 Å². The van der Waals surface area contributed by atoms with Gasteiger partial charge in [-0.05, 0) is 44.4 Å². The van der Waals surface area contributed by atoms with E-state index in [0.29, 0.717) is 12.1 Å². The van der Waals surface area contributed by atoms with Crippen LogP contribution in [-0.4, -0.2) is 28.9 Å². The number of pyridine rings is 1. The van der Waals surface area contributed by atoms with E-state index in [9.17, 15) is 0 Å². The highest BCUT2D eigenvalue weighted by Gasteiger charge is 2.20. The number of aromatic nitrogens is 2. The van der Waals surface area contributed by atoms with Crippen molar-refractivity contribution in [3.05, 3.63) is 36.2 Å². The van der Waals surface area contributed by atoms with Gasteiger partial charge in [0.15, 0.2) is 0 Å². The summed E-state index contributed by atoms with van der Waals surface area (Å²) >= 11 is 0. The summed E-state index contributed by atoms with van der Waals surface area (Å²) in [6.45, 7) is 4.07. The van der Waals surface area contributed by atoms with Gasteiger partial charge in [-0.1, -0.05) is 13.0 Å². The fourth-order valence-corrected chi connectivity index (χ4v) is 3.06. The number of rotatable bonds is 6. The molecule has 0 amide bonds. The summed E-state index contributed by atoms with van der Waals surface area (Å²) in [6.07, 6.45) is 9.12. The first-order valence-corrected chi connectivity index (χ1v) is 7.65. The zero-order chi connectivity index (χ0) is 13.8. The van der Waals surface area contributed by atoms with Crippen molar-refractivity contribution in [2.75, 3.05) is 13.2 Å². The Morgan fingerprint density at radius 3 is 3.25 bits per heavy atom. The SMILES string of the molecule is CCNC(CCC1CCCO1)c1cnn2ccccc12. The molecule has 2 aromatic rings. The van der Waals surface area contributed by atoms with Crippen molar-refractivity contribution >= 4 is 5.52 Å². The second kappa shape index (κ2) is 6.37. The third-order valence-electron chi connectivity index (χ3n) is 4.08. The number of hydrogen-bond donors (Lipinski definition) is 1. The number of fused-ring (bicyclic) bond motifs is 1. The highest BCUT2D eigenvalue weighted by molar-refractivity contribution is 5.54. The second-order valence-corrected chi connectivity index (χ2v) is 5.45. The molecule has 1 aliphatic heterocycles. The van der Waals surface area contributed by atoms with Crippen LogP contribution in [0.15, 0.2) is 30.6 Å². The maximum absolute atomic E-state index is 5.74. The molecule has 0 bridgehead atoms. The summed E-state index contributed by atoms with van der Waals surface area (Å²) in [5.74, 6) is 0. The molecule has 1 fully saturated rings. The Kier molecular flexibility index (Phi) is 4.33. The average molecular weight is 273 g/mol. The molecule has 1 N–H and O–H groups in total. The van der Waals surface area contributed by atoms with Crippen LogP contribution in [-0.2, 0) is 4.74 Å². The van der Waals surface area contributed by atoms with Gasteiger partial charge in [-0.15, -0.1) is 0 Å². The molecule has 2 aromatic heterocycles. The minimum Gasteiger partial charge on any atom is -0.378 e. The van der Waals surface area contributed by atoms with Crippen molar-refractivity contribution in [3.8, 4) is 0 Å². The van der Waals surface area contributed by atoms with Gasteiger partial charge in [0.2, 0.25) is 0 Å². The first kappa shape index (κ1) is 13.6. The van der Waals surface area contributed by atoms with E-state index >= 15 is 0 Å². The van der Waals surface area contributed by atoms with Gasteiger partial charge < -0.3 is 10.1 Å². The molecule has 2 unspecified atom stereocenters. The Hall–Kier alpha value is -1.39. The van der Waals surface area contributed by atoms with Gasteiger partial charge in [0.05, 0.1) is 17.8 Å². The van der Waals surface area contributed by atoms with E-state index in [0.717, 1.165) is 26.0 Å². The zero-order valence-electron chi connectivity index (χ0n) is 12.1. The molecular weight excluding hydrogens is 250 g/mol. The van der Waals surface area contributed by atoms with E-state index in [2.05, 4.69) is 29.5 Å². The summed E-state index contributed by atoms with van der Waals surface area (Å²) in [4.78, 5) is 0. The third-order valence-corrected chi connectivity index (χ3v) is 4.08. The lowest BCUT2D eigenvalue weighted by molar-refractivity contribution is 0.0997. The Bertz CT molecular complexity index is 545. The lowest BCUT2D eigenvalue weighted by atomic mass is 10.00. The lowest BCUT2D eigenvalue weighted by Crippen LogP contribution is -2.22. The highest BCUT2D eigenvalue weighted by Crippen LogP contribution is 2.26. The first-order valence-electron chi connectivity index (χ1n) is 7.65. The van der Waals surface area contributed by atoms with E-state index in [1.807, 2.05) is 23.0 Å². The molecule has 0 radical (unpaired) electrons. The van der Waals surface area contributed by atoms with Crippen LogP contribution in [0.25, 0.3) is 5.52 Å². The van der Waals surface area contributed by atoms with Crippen LogP contribution in [0.4, 0.5) is 0 Å². The number of ether oxygens (including phenoxy) is 1. The summed E-state index contributed by atoms with van der Waals surface area (Å²) in [5.41, 5.74) is 2.50. The number of hydrogen-bond acceptors (Lipinski definition) is 3. The third kappa shape index (κ3) is 2.86. The van der Waals surface area contributed by atoms with Crippen molar-refractivity contribution in [1.82, 2.24) is 14.9 Å². The molecular formula is C16H23N3O. The molecule has 4 heteroatoms. The predicted octanol–water partition coefficient (Wildman–Crippen LogP) is 2.94. The quantitative estimate of drug-likeness (QED) is 0.879. The largest absolute Gasteiger partial charge is 0.378 e. The van der Waals surface area contributed by atoms with E-state index < -0.39 is 0 Å². The fourth-order valence-electron chi connectivity index (χ4n) is 3.06. The Morgan fingerprint density at radius 1 is 1.50 bits per heavy atom. The van der Waals surface area contributed by atoms with Gasteiger partial charge in [-0.2, -0.15) is 5.10 Å². The van der Waals surface area contributed by atoms with Crippen molar-refractivity contribution in [2.45, 2.75) is 44.8 Å². The topological polar surface area (TPSA) is 38.6 Å². The van der Waals surface area contributed by atoms with Crippen LogP contribution >= 0.6 is 0 Å². The maximum atomic E-state index is 5.74. The Balaban J connectivity index is 1.75. The normalized spacial score (nSPS) is 20.6. The molecule has 0 saturated carbocycles. The molecule has 2 atom stereocenters. The van der Waals surface area contributed by atoms with Crippen LogP contribution in [0.2, 0.25) is 0 Å². The summed E-state index contributed by atoms with van der Waals surface area (Å²) < 4.78 is 7.69. The molecule has 3 heterocycles. The molecule has 108 valence electrons. The van der Waals surface area contributed by atoms with Gasteiger partial charge in [0.25, 0.3) is 0 Å². The van der Waals surface area contributed by atoms with Crippen molar-refractivity contribution in [3.63, 3.8) is 0 Å². The molecule has 0 aromatic carbocycles. The zero-order valence-corrected chi connectivity index (χ0v) is 12.1. The summed E-state index contributed by atoms with van der Waals surface area (Å²) in [7, 11) is 0. The minimum atomic E-state index is 0.365. The van der Waals surface area contributed by atoms with Crippen LogP contribution in [0.1, 0.15) is 44.2 Å².